The summed E-state index contributed by atoms with van der Waals surface area (Å²) >= 11 is 0. The van der Waals surface area contributed by atoms with Crippen LogP contribution in [0.25, 0.3) is 0 Å². The molecule has 0 radical (unpaired) electrons. The number of hydrogen-bond acceptors (Lipinski definition) is 5. The van der Waals surface area contributed by atoms with Crippen molar-refractivity contribution in [2.75, 3.05) is 10.6 Å². The lowest BCUT2D eigenvalue weighted by molar-refractivity contribution is 0.475. The Kier molecular flexibility index (Phi) is 5.96. The zero-order valence-corrected chi connectivity index (χ0v) is 13.3. The summed E-state index contributed by atoms with van der Waals surface area (Å²) in [5, 5.41) is 15.6. The number of rotatable bonds is 3. The van der Waals surface area contributed by atoms with Gasteiger partial charge in [0.25, 0.3) is 0 Å². The average molecular weight is 288 g/mol. The molecule has 0 aliphatic carbocycles. The van der Waals surface area contributed by atoms with Crippen LogP contribution in [0.5, 0.6) is 5.75 Å². The number of phenols is 1. The summed E-state index contributed by atoms with van der Waals surface area (Å²) in [6.45, 7) is 10.2. The van der Waals surface area contributed by atoms with Crippen molar-refractivity contribution in [1.82, 2.24) is 9.97 Å². The van der Waals surface area contributed by atoms with Crippen LogP contribution in [-0.4, -0.2) is 20.6 Å². The van der Waals surface area contributed by atoms with E-state index in [1.807, 2.05) is 13.8 Å². The molecular formula is C16H24N4O. The minimum Gasteiger partial charge on any atom is -0.508 e. The molecule has 1 aromatic carbocycles. The minimum absolute atomic E-state index is 0.0862. The van der Waals surface area contributed by atoms with Crippen molar-refractivity contribution in [3.8, 4) is 5.75 Å². The van der Waals surface area contributed by atoms with Gasteiger partial charge in [0.2, 0.25) is 5.95 Å². The van der Waals surface area contributed by atoms with Crippen molar-refractivity contribution in [2.24, 2.45) is 0 Å². The third-order valence-electron chi connectivity index (χ3n) is 2.28. The molecule has 1 heterocycles. The van der Waals surface area contributed by atoms with E-state index in [4.69, 9.17) is 0 Å². The fraction of sp³-hybridized carbons (Fsp3) is 0.375. The highest BCUT2D eigenvalue weighted by molar-refractivity contribution is 5.57. The zero-order valence-electron chi connectivity index (χ0n) is 13.3. The first-order valence-corrected chi connectivity index (χ1v) is 7.10. The van der Waals surface area contributed by atoms with E-state index in [-0.39, 0.29) is 11.3 Å². The topological polar surface area (TPSA) is 70.1 Å². The molecular weight excluding hydrogens is 264 g/mol. The lowest BCUT2D eigenvalue weighted by Gasteiger charge is -2.20. The van der Waals surface area contributed by atoms with E-state index < -0.39 is 0 Å². The molecule has 21 heavy (non-hydrogen) atoms. The SMILES string of the molecule is CC.CC(C)(C)Nc1nccc(Nc2ccc(O)cc2)n1. The Bertz CT molecular complexity index is 547. The Hall–Kier alpha value is -2.30. The predicted molar refractivity (Wildman–Crippen MR) is 88.1 cm³/mol. The molecule has 0 saturated heterocycles. The van der Waals surface area contributed by atoms with Crippen LogP contribution in [0.4, 0.5) is 17.5 Å². The maximum absolute atomic E-state index is 9.23. The first-order chi connectivity index (χ1) is 9.92. The molecule has 114 valence electrons. The van der Waals surface area contributed by atoms with Crippen LogP contribution in [0.2, 0.25) is 0 Å². The van der Waals surface area contributed by atoms with Gasteiger partial charge in [-0.2, -0.15) is 4.98 Å². The Morgan fingerprint density at radius 2 is 1.62 bits per heavy atom. The second kappa shape index (κ2) is 7.47. The highest BCUT2D eigenvalue weighted by Crippen LogP contribution is 2.19. The molecule has 0 bridgehead atoms. The summed E-state index contributed by atoms with van der Waals surface area (Å²) in [4.78, 5) is 8.56. The van der Waals surface area contributed by atoms with Gasteiger partial charge in [-0.3, -0.25) is 0 Å². The third kappa shape index (κ3) is 6.12. The van der Waals surface area contributed by atoms with Crippen LogP contribution in [0.3, 0.4) is 0 Å². The molecule has 0 spiro atoms. The Labute approximate surface area is 126 Å². The second-order valence-corrected chi connectivity index (χ2v) is 5.31. The van der Waals surface area contributed by atoms with Crippen molar-refractivity contribution < 1.29 is 5.11 Å². The van der Waals surface area contributed by atoms with Crippen molar-refractivity contribution >= 4 is 17.5 Å². The van der Waals surface area contributed by atoms with Crippen LogP contribution in [0, 0.1) is 0 Å². The summed E-state index contributed by atoms with van der Waals surface area (Å²) in [6.07, 6.45) is 1.70. The van der Waals surface area contributed by atoms with Crippen molar-refractivity contribution in [3.05, 3.63) is 36.5 Å². The fourth-order valence-electron chi connectivity index (χ4n) is 1.52. The van der Waals surface area contributed by atoms with Gasteiger partial charge in [-0.25, -0.2) is 4.98 Å². The van der Waals surface area contributed by atoms with Crippen LogP contribution in [0.1, 0.15) is 34.6 Å². The number of phenolic OH excluding ortho intramolecular Hbond substituents is 1. The van der Waals surface area contributed by atoms with E-state index in [0.717, 1.165) is 5.69 Å². The molecule has 0 fully saturated rings. The van der Waals surface area contributed by atoms with Crippen LogP contribution in [0.15, 0.2) is 36.5 Å². The Balaban J connectivity index is 0.00000106. The quantitative estimate of drug-likeness (QED) is 0.740. The average Bonchev–Trinajstić information content (AvgIpc) is 2.42. The van der Waals surface area contributed by atoms with Crippen molar-refractivity contribution in [1.29, 1.82) is 0 Å². The number of anilines is 3. The fourth-order valence-corrected chi connectivity index (χ4v) is 1.52. The molecule has 2 rings (SSSR count). The van der Waals surface area contributed by atoms with Crippen LogP contribution in [-0.2, 0) is 0 Å². The standard InChI is InChI=1S/C14H18N4O.C2H6/c1-14(2,3)18-13-15-9-8-12(17-13)16-10-4-6-11(19)7-5-10;1-2/h4-9,19H,1-3H3,(H2,15,16,17,18);1-2H3. The third-order valence-corrected chi connectivity index (χ3v) is 2.28. The van der Waals surface area contributed by atoms with Gasteiger partial charge in [-0.05, 0) is 51.1 Å². The van der Waals surface area contributed by atoms with E-state index in [1.165, 1.54) is 0 Å². The summed E-state index contributed by atoms with van der Waals surface area (Å²) in [7, 11) is 0. The maximum atomic E-state index is 9.23. The van der Waals surface area contributed by atoms with Gasteiger partial charge in [0.15, 0.2) is 0 Å². The van der Waals surface area contributed by atoms with Gasteiger partial charge in [-0.15, -0.1) is 0 Å². The molecule has 0 aliphatic heterocycles. The normalized spacial score (nSPS) is 10.3. The lowest BCUT2D eigenvalue weighted by atomic mass is 10.1. The smallest absolute Gasteiger partial charge is 0.225 e. The first kappa shape index (κ1) is 16.8. The van der Waals surface area contributed by atoms with E-state index >= 15 is 0 Å². The van der Waals surface area contributed by atoms with Crippen molar-refractivity contribution in [3.63, 3.8) is 0 Å². The first-order valence-electron chi connectivity index (χ1n) is 7.10. The number of nitrogens with zero attached hydrogens (tertiary/aromatic N) is 2. The van der Waals surface area contributed by atoms with Gasteiger partial charge in [-0.1, -0.05) is 13.8 Å². The van der Waals surface area contributed by atoms with Crippen molar-refractivity contribution in [2.45, 2.75) is 40.2 Å². The summed E-state index contributed by atoms with van der Waals surface area (Å²) in [6, 6.07) is 8.61. The van der Waals surface area contributed by atoms with E-state index in [1.54, 1.807) is 36.5 Å². The molecule has 0 aliphatic rings. The van der Waals surface area contributed by atoms with Crippen LogP contribution < -0.4 is 10.6 Å². The largest absolute Gasteiger partial charge is 0.508 e. The number of hydrogen-bond donors (Lipinski definition) is 3. The molecule has 1 aromatic heterocycles. The summed E-state index contributed by atoms with van der Waals surface area (Å²) in [5.41, 5.74) is 0.773. The molecule has 0 unspecified atom stereocenters. The number of benzene rings is 1. The molecule has 5 heteroatoms. The second-order valence-electron chi connectivity index (χ2n) is 5.31. The van der Waals surface area contributed by atoms with Gasteiger partial charge in [0.1, 0.15) is 11.6 Å². The molecule has 2 aromatic rings. The summed E-state index contributed by atoms with van der Waals surface area (Å²) in [5.74, 6) is 1.52. The Morgan fingerprint density at radius 1 is 1.00 bits per heavy atom. The highest BCUT2D eigenvalue weighted by Gasteiger charge is 2.11. The van der Waals surface area contributed by atoms with Gasteiger partial charge in [0.05, 0.1) is 0 Å². The molecule has 3 N–H and O–H groups in total. The van der Waals surface area contributed by atoms with E-state index in [2.05, 4.69) is 41.4 Å². The molecule has 5 nitrogen and oxygen atoms in total. The number of aromatic hydroxyl groups is 1. The predicted octanol–water partition coefficient (Wildman–Crippen LogP) is 4.16. The summed E-state index contributed by atoms with van der Waals surface area (Å²) < 4.78 is 0. The monoisotopic (exact) mass is 288 g/mol. The van der Waals surface area contributed by atoms with Gasteiger partial charge in [0, 0.05) is 17.4 Å². The van der Waals surface area contributed by atoms with Gasteiger partial charge >= 0.3 is 0 Å². The van der Waals surface area contributed by atoms with Crippen LogP contribution >= 0.6 is 0 Å². The minimum atomic E-state index is -0.0862. The highest BCUT2D eigenvalue weighted by atomic mass is 16.3. The van der Waals surface area contributed by atoms with E-state index in [9.17, 15) is 5.11 Å². The number of nitrogens with one attached hydrogen (secondary N) is 2. The number of aromatic nitrogens is 2. The molecule has 0 saturated carbocycles. The van der Waals surface area contributed by atoms with Gasteiger partial charge < -0.3 is 15.7 Å². The lowest BCUT2D eigenvalue weighted by Crippen LogP contribution is -2.27. The molecule has 0 amide bonds. The maximum Gasteiger partial charge on any atom is 0.225 e. The molecule has 0 atom stereocenters. The Morgan fingerprint density at radius 3 is 2.19 bits per heavy atom. The van der Waals surface area contributed by atoms with E-state index in [0.29, 0.717) is 11.8 Å². The zero-order chi connectivity index (χ0) is 15.9.